The second-order valence-corrected chi connectivity index (χ2v) is 7.56. The number of carboxylic acids is 1. The summed E-state index contributed by atoms with van der Waals surface area (Å²) in [5.74, 6) is -0.970. The number of benzene rings is 2. The highest BCUT2D eigenvalue weighted by Gasteiger charge is 2.25. The molecule has 122 valence electrons. The van der Waals surface area contributed by atoms with Gasteiger partial charge in [-0.05, 0) is 65.1 Å². The van der Waals surface area contributed by atoms with E-state index in [0.29, 0.717) is 5.56 Å². The predicted octanol–water partition coefficient (Wildman–Crippen LogP) is 5.01. The lowest BCUT2D eigenvalue weighted by molar-refractivity contribution is 0.0696. The highest BCUT2D eigenvalue weighted by molar-refractivity contribution is 8.14. The molecule has 0 atom stereocenters. The molecule has 3 nitrogen and oxygen atoms in total. The van der Waals surface area contributed by atoms with E-state index in [-0.39, 0.29) is 16.1 Å². The first-order chi connectivity index (χ1) is 11.4. The minimum Gasteiger partial charge on any atom is -0.478 e. The van der Waals surface area contributed by atoms with Gasteiger partial charge in [0.2, 0.25) is 5.12 Å². The Morgan fingerprint density at radius 1 is 1.04 bits per heavy atom. The van der Waals surface area contributed by atoms with Crippen molar-refractivity contribution in [2.45, 2.75) is 30.6 Å². The Labute approximate surface area is 145 Å². The average molecular weight is 338 g/mol. The molecule has 0 saturated carbocycles. The van der Waals surface area contributed by atoms with Gasteiger partial charge >= 0.3 is 5.97 Å². The quantitative estimate of drug-likeness (QED) is 0.799. The normalized spacial score (nSPS) is 14.9. The summed E-state index contributed by atoms with van der Waals surface area (Å²) in [5, 5.41) is 8.87. The van der Waals surface area contributed by atoms with Crippen molar-refractivity contribution < 1.29 is 14.7 Å². The number of rotatable bonds is 3. The molecule has 0 fully saturated rings. The van der Waals surface area contributed by atoms with Crippen LogP contribution in [-0.2, 0) is 5.41 Å². The van der Waals surface area contributed by atoms with Crippen molar-refractivity contribution in [3.05, 3.63) is 70.8 Å². The zero-order chi connectivity index (χ0) is 17.3. The molecule has 2 aromatic carbocycles. The maximum atomic E-state index is 12.5. The highest BCUT2D eigenvalue weighted by Crippen LogP contribution is 2.36. The number of fused-ring (bicyclic) bond motifs is 1. The highest BCUT2D eigenvalue weighted by atomic mass is 32.2. The van der Waals surface area contributed by atoms with Gasteiger partial charge in [-0.25, -0.2) is 4.79 Å². The molecule has 0 aromatic heterocycles. The van der Waals surface area contributed by atoms with Gasteiger partial charge in [-0.15, -0.1) is 0 Å². The smallest absolute Gasteiger partial charge is 0.335 e. The van der Waals surface area contributed by atoms with Crippen LogP contribution in [0, 0.1) is 0 Å². The molecule has 0 heterocycles. The zero-order valence-electron chi connectivity index (χ0n) is 13.6. The van der Waals surface area contributed by atoms with Gasteiger partial charge < -0.3 is 5.11 Å². The number of allylic oxidation sites excluding steroid dienone is 1. The predicted molar refractivity (Wildman–Crippen MR) is 96.7 cm³/mol. The second kappa shape index (κ2) is 6.29. The fourth-order valence-corrected chi connectivity index (χ4v) is 3.60. The minimum atomic E-state index is -0.970. The summed E-state index contributed by atoms with van der Waals surface area (Å²) in [6.45, 7) is 4.41. The van der Waals surface area contributed by atoms with E-state index in [0.717, 1.165) is 28.6 Å². The fourth-order valence-electron chi connectivity index (χ4n) is 2.87. The number of carboxylic acid groups (broad SMARTS) is 1. The molecule has 1 aliphatic carbocycles. The Morgan fingerprint density at radius 2 is 1.71 bits per heavy atom. The molecule has 1 N–H and O–H groups in total. The lowest BCUT2D eigenvalue weighted by atomic mass is 9.75. The van der Waals surface area contributed by atoms with E-state index in [9.17, 15) is 9.59 Å². The lowest BCUT2D eigenvalue weighted by Crippen LogP contribution is -2.20. The van der Waals surface area contributed by atoms with E-state index < -0.39 is 5.97 Å². The zero-order valence-corrected chi connectivity index (χ0v) is 14.4. The number of carbonyl (C=O) groups is 2. The van der Waals surface area contributed by atoms with Gasteiger partial charge in [-0.1, -0.05) is 38.1 Å². The molecular weight excluding hydrogens is 320 g/mol. The summed E-state index contributed by atoms with van der Waals surface area (Å²) in [4.78, 5) is 24.1. The van der Waals surface area contributed by atoms with Gasteiger partial charge in [0.05, 0.1) is 5.56 Å². The fraction of sp³-hybridized carbons (Fsp3) is 0.200. The molecule has 4 heteroatoms. The SMILES string of the molecule is CC1(C)CC=Cc2cc(C(=O)Sc3ccc(C(=O)O)cc3)ccc21. The van der Waals surface area contributed by atoms with Gasteiger partial charge in [0.15, 0.2) is 0 Å². The molecule has 2 aromatic rings. The van der Waals surface area contributed by atoms with E-state index >= 15 is 0 Å². The average Bonchev–Trinajstić information content (AvgIpc) is 2.54. The van der Waals surface area contributed by atoms with E-state index in [1.54, 1.807) is 12.1 Å². The van der Waals surface area contributed by atoms with E-state index in [1.165, 1.54) is 17.7 Å². The first kappa shape index (κ1) is 16.5. The molecule has 0 radical (unpaired) electrons. The molecule has 1 aliphatic rings. The van der Waals surface area contributed by atoms with Crippen LogP contribution in [-0.4, -0.2) is 16.2 Å². The van der Waals surface area contributed by atoms with Gasteiger partial charge in [-0.3, -0.25) is 4.79 Å². The van der Waals surface area contributed by atoms with Crippen LogP contribution >= 0.6 is 11.8 Å². The topological polar surface area (TPSA) is 54.4 Å². The van der Waals surface area contributed by atoms with E-state index in [4.69, 9.17) is 5.11 Å². The third-order valence-electron chi connectivity index (χ3n) is 4.25. The third-order valence-corrected chi connectivity index (χ3v) is 5.18. The standard InChI is InChI=1S/C20H18O3S/c1-20(2)11-3-4-14-12-15(7-10-17(14)20)19(23)24-16-8-5-13(6-9-16)18(21)22/h3-10,12H,11H2,1-2H3,(H,21,22). The minimum absolute atomic E-state index is 0.0438. The Morgan fingerprint density at radius 3 is 2.38 bits per heavy atom. The maximum absolute atomic E-state index is 12.5. The van der Waals surface area contributed by atoms with Crippen LogP contribution in [0.2, 0.25) is 0 Å². The molecule has 0 spiro atoms. The third kappa shape index (κ3) is 3.29. The van der Waals surface area contributed by atoms with Crippen LogP contribution in [0.15, 0.2) is 53.4 Å². The largest absolute Gasteiger partial charge is 0.478 e. The van der Waals surface area contributed by atoms with Crippen molar-refractivity contribution in [3.8, 4) is 0 Å². The number of hydrogen-bond acceptors (Lipinski definition) is 3. The molecule has 24 heavy (non-hydrogen) atoms. The summed E-state index contributed by atoms with van der Waals surface area (Å²) in [7, 11) is 0. The van der Waals surface area contributed by atoms with Crippen LogP contribution < -0.4 is 0 Å². The van der Waals surface area contributed by atoms with E-state index in [2.05, 4.69) is 26.0 Å². The second-order valence-electron chi connectivity index (χ2n) is 6.51. The molecular formula is C20H18O3S. The number of aromatic carboxylic acids is 1. The van der Waals surface area contributed by atoms with E-state index in [1.807, 2.05) is 18.2 Å². The molecule has 0 amide bonds. The monoisotopic (exact) mass is 338 g/mol. The van der Waals surface area contributed by atoms with Crippen LogP contribution in [0.1, 0.15) is 52.1 Å². The summed E-state index contributed by atoms with van der Waals surface area (Å²) < 4.78 is 0. The molecule has 0 aliphatic heterocycles. The summed E-state index contributed by atoms with van der Waals surface area (Å²) in [6.07, 6.45) is 5.22. The number of carbonyl (C=O) groups excluding carboxylic acids is 1. The summed E-state index contributed by atoms with van der Waals surface area (Å²) >= 11 is 1.11. The van der Waals surface area contributed by atoms with Gasteiger partial charge in [0, 0.05) is 10.5 Å². The van der Waals surface area contributed by atoms with Crippen molar-refractivity contribution in [1.82, 2.24) is 0 Å². The van der Waals surface area contributed by atoms with Crippen molar-refractivity contribution >= 4 is 28.9 Å². The van der Waals surface area contributed by atoms with Gasteiger partial charge in [-0.2, -0.15) is 0 Å². The van der Waals surface area contributed by atoms with Crippen LogP contribution in [0.4, 0.5) is 0 Å². The van der Waals surface area contributed by atoms with Crippen LogP contribution in [0.5, 0.6) is 0 Å². The lowest BCUT2D eigenvalue weighted by Gasteiger charge is -2.29. The first-order valence-electron chi connectivity index (χ1n) is 7.73. The van der Waals surface area contributed by atoms with Crippen molar-refractivity contribution in [3.63, 3.8) is 0 Å². The Bertz CT molecular complexity index is 832. The van der Waals surface area contributed by atoms with Crippen molar-refractivity contribution in [2.24, 2.45) is 0 Å². The molecule has 0 unspecified atom stereocenters. The van der Waals surface area contributed by atoms with Crippen molar-refractivity contribution in [2.75, 3.05) is 0 Å². The van der Waals surface area contributed by atoms with Crippen molar-refractivity contribution in [1.29, 1.82) is 0 Å². The summed E-state index contributed by atoms with van der Waals surface area (Å²) in [5.41, 5.74) is 3.32. The van der Waals surface area contributed by atoms with Crippen LogP contribution in [0.25, 0.3) is 6.08 Å². The first-order valence-corrected chi connectivity index (χ1v) is 8.55. The number of hydrogen-bond donors (Lipinski definition) is 1. The van der Waals surface area contributed by atoms with Crippen LogP contribution in [0.3, 0.4) is 0 Å². The summed E-state index contributed by atoms with van der Waals surface area (Å²) in [6, 6.07) is 12.2. The Hall–Kier alpha value is -2.33. The van der Waals surface area contributed by atoms with Gasteiger partial charge in [0.1, 0.15) is 0 Å². The maximum Gasteiger partial charge on any atom is 0.335 e. The number of thioether (sulfide) groups is 1. The molecule has 0 saturated heterocycles. The molecule has 0 bridgehead atoms. The van der Waals surface area contributed by atoms with Gasteiger partial charge in [0.25, 0.3) is 0 Å². The Balaban J connectivity index is 1.81. The molecule has 3 rings (SSSR count). The Kier molecular flexibility index (Phi) is 4.33.